The molecule has 0 heterocycles. The summed E-state index contributed by atoms with van der Waals surface area (Å²) in [4.78, 5) is 21.7. The first-order chi connectivity index (χ1) is 7.50. The van der Waals surface area contributed by atoms with Crippen LogP contribution >= 0.6 is 0 Å². The van der Waals surface area contributed by atoms with Crippen molar-refractivity contribution in [2.75, 3.05) is 0 Å². The third-order valence-electron chi connectivity index (χ3n) is 2.24. The molecule has 0 aliphatic rings. The number of benzene rings is 1. The first kappa shape index (κ1) is 12.2. The van der Waals surface area contributed by atoms with E-state index >= 15 is 0 Å². The van der Waals surface area contributed by atoms with Crippen molar-refractivity contribution in [2.45, 2.75) is 19.8 Å². The summed E-state index contributed by atoms with van der Waals surface area (Å²) < 4.78 is 0. The van der Waals surface area contributed by atoms with Crippen molar-refractivity contribution in [3.63, 3.8) is 0 Å². The summed E-state index contributed by atoms with van der Waals surface area (Å²) in [5, 5.41) is 8.39. The predicted molar refractivity (Wildman–Crippen MR) is 61.6 cm³/mol. The summed E-state index contributed by atoms with van der Waals surface area (Å²) in [6.07, 6.45) is 1.91. The van der Waals surface area contributed by atoms with Gasteiger partial charge in [-0.15, -0.1) is 0 Å². The number of ketones is 1. The highest BCUT2D eigenvalue weighted by molar-refractivity contribution is 6.06. The van der Waals surface area contributed by atoms with Crippen LogP contribution in [0, 0.1) is 0 Å². The zero-order valence-electron chi connectivity index (χ0n) is 9.31. The standard InChI is InChI=1S/C13H14O3/c1-9(2)10-3-5-11(6-4-10)12(14)7-8-13(15)16/h3-9H,1-2H3,(H,15,16)/b8-7+. The van der Waals surface area contributed by atoms with Crippen molar-refractivity contribution in [1.82, 2.24) is 0 Å². The lowest BCUT2D eigenvalue weighted by atomic mass is 10.0. The summed E-state index contributed by atoms with van der Waals surface area (Å²) in [5.74, 6) is -0.997. The van der Waals surface area contributed by atoms with Crippen LogP contribution in [0.25, 0.3) is 0 Å². The summed E-state index contributed by atoms with van der Waals surface area (Å²) in [6.45, 7) is 4.14. The first-order valence-electron chi connectivity index (χ1n) is 5.06. The smallest absolute Gasteiger partial charge is 0.328 e. The molecule has 0 aliphatic heterocycles. The SMILES string of the molecule is CC(C)c1ccc(C(=O)/C=C/C(=O)O)cc1. The Bertz CT molecular complexity index is 413. The van der Waals surface area contributed by atoms with E-state index in [2.05, 4.69) is 13.8 Å². The molecule has 0 amide bonds. The first-order valence-corrected chi connectivity index (χ1v) is 5.06. The van der Waals surface area contributed by atoms with Crippen LogP contribution in [-0.4, -0.2) is 16.9 Å². The molecular weight excluding hydrogens is 204 g/mol. The number of carbonyl (C=O) groups excluding carboxylic acids is 1. The van der Waals surface area contributed by atoms with Gasteiger partial charge in [-0.05, 0) is 17.6 Å². The summed E-state index contributed by atoms with van der Waals surface area (Å²) >= 11 is 0. The van der Waals surface area contributed by atoms with Gasteiger partial charge in [0.2, 0.25) is 0 Å². The normalized spacial score (nSPS) is 10.9. The number of carboxylic acid groups (broad SMARTS) is 1. The Morgan fingerprint density at radius 2 is 1.69 bits per heavy atom. The molecule has 0 radical (unpaired) electrons. The highest BCUT2D eigenvalue weighted by Crippen LogP contribution is 2.15. The van der Waals surface area contributed by atoms with Crippen LogP contribution in [0.15, 0.2) is 36.4 Å². The van der Waals surface area contributed by atoms with Crippen LogP contribution in [0.5, 0.6) is 0 Å². The lowest BCUT2D eigenvalue weighted by Crippen LogP contribution is -1.97. The van der Waals surface area contributed by atoms with Gasteiger partial charge >= 0.3 is 5.97 Å². The van der Waals surface area contributed by atoms with Crippen LogP contribution in [0.4, 0.5) is 0 Å². The number of hydrogen-bond acceptors (Lipinski definition) is 2. The Balaban J connectivity index is 2.82. The second-order valence-electron chi connectivity index (χ2n) is 3.81. The van der Waals surface area contributed by atoms with E-state index in [0.717, 1.165) is 17.7 Å². The Morgan fingerprint density at radius 3 is 2.12 bits per heavy atom. The molecule has 0 bridgehead atoms. The third kappa shape index (κ3) is 3.35. The van der Waals surface area contributed by atoms with Gasteiger partial charge in [0.05, 0.1) is 0 Å². The van der Waals surface area contributed by atoms with Crippen molar-refractivity contribution >= 4 is 11.8 Å². The van der Waals surface area contributed by atoms with E-state index in [1.807, 2.05) is 12.1 Å². The van der Waals surface area contributed by atoms with E-state index in [4.69, 9.17) is 5.11 Å². The maximum Gasteiger partial charge on any atom is 0.328 e. The molecule has 16 heavy (non-hydrogen) atoms. The molecule has 0 saturated carbocycles. The van der Waals surface area contributed by atoms with E-state index in [9.17, 15) is 9.59 Å². The maximum absolute atomic E-state index is 11.5. The molecule has 0 spiro atoms. The lowest BCUT2D eigenvalue weighted by molar-refractivity contribution is -0.131. The van der Waals surface area contributed by atoms with E-state index < -0.39 is 5.97 Å². The molecule has 1 aromatic carbocycles. The van der Waals surface area contributed by atoms with Gasteiger partial charge in [0.15, 0.2) is 5.78 Å². The van der Waals surface area contributed by atoms with Crippen LogP contribution in [-0.2, 0) is 4.79 Å². The quantitative estimate of drug-likeness (QED) is 0.624. The summed E-state index contributed by atoms with van der Waals surface area (Å²) in [7, 11) is 0. The molecule has 3 nitrogen and oxygen atoms in total. The zero-order valence-corrected chi connectivity index (χ0v) is 9.31. The third-order valence-corrected chi connectivity index (χ3v) is 2.24. The van der Waals surface area contributed by atoms with E-state index in [1.54, 1.807) is 12.1 Å². The Labute approximate surface area is 94.4 Å². The molecule has 3 heteroatoms. The molecule has 0 unspecified atom stereocenters. The van der Waals surface area contributed by atoms with Crippen molar-refractivity contribution in [1.29, 1.82) is 0 Å². The molecule has 0 saturated heterocycles. The van der Waals surface area contributed by atoms with Crippen LogP contribution < -0.4 is 0 Å². The van der Waals surface area contributed by atoms with Crippen molar-refractivity contribution in [3.05, 3.63) is 47.5 Å². The highest BCUT2D eigenvalue weighted by atomic mass is 16.4. The Hall–Kier alpha value is -1.90. The monoisotopic (exact) mass is 218 g/mol. The number of carbonyl (C=O) groups is 2. The van der Waals surface area contributed by atoms with Gasteiger partial charge in [0.1, 0.15) is 0 Å². The topological polar surface area (TPSA) is 54.4 Å². The minimum atomic E-state index is -1.12. The van der Waals surface area contributed by atoms with E-state index in [1.165, 1.54) is 0 Å². The summed E-state index contributed by atoms with van der Waals surface area (Å²) in [5.41, 5.74) is 1.65. The molecular formula is C13H14O3. The molecule has 0 aromatic heterocycles. The zero-order chi connectivity index (χ0) is 12.1. The minimum Gasteiger partial charge on any atom is -0.478 e. The average Bonchev–Trinajstić information content (AvgIpc) is 2.26. The fourth-order valence-electron chi connectivity index (χ4n) is 1.28. The van der Waals surface area contributed by atoms with Crippen molar-refractivity contribution in [2.24, 2.45) is 0 Å². The van der Waals surface area contributed by atoms with Gasteiger partial charge < -0.3 is 5.11 Å². The molecule has 84 valence electrons. The van der Waals surface area contributed by atoms with Gasteiger partial charge in [-0.25, -0.2) is 4.79 Å². The van der Waals surface area contributed by atoms with Crippen molar-refractivity contribution < 1.29 is 14.7 Å². The second-order valence-corrected chi connectivity index (χ2v) is 3.81. The largest absolute Gasteiger partial charge is 0.478 e. The lowest BCUT2D eigenvalue weighted by Gasteiger charge is -2.04. The Kier molecular flexibility index (Phi) is 4.00. The van der Waals surface area contributed by atoms with Gasteiger partial charge in [0, 0.05) is 11.6 Å². The average molecular weight is 218 g/mol. The van der Waals surface area contributed by atoms with Gasteiger partial charge in [-0.3, -0.25) is 4.79 Å². The molecule has 0 fully saturated rings. The number of aliphatic carboxylic acids is 1. The van der Waals surface area contributed by atoms with Crippen LogP contribution in [0.3, 0.4) is 0 Å². The molecule has 1 N–H and O–H groups in total. The second kappa shape index (κ2) is 5.26. The highest BCUT2D eigenvalue weighted by Gasteiger charge is 2.03. The Morgan fingerprint density at radius 1 is 1.12 bits per heavy atom. The van der Waals surface area contributed by atoms with Gasteiger partial charge in [-0.2, -0.15) is 0 Å². The minimum absolute atomic E-state index is 0.294. The fourth-order valence-corrected chi connectivity index (χ4v) is 1.28. The van der Waals surface area contributed by atoms with Crippen molar-refractivity contribution in [3.8, 4) is 0 Å². The molecule has 0 aliphatic carbocycles. The molecule has 1 rings (SSSR count). The van der Waals surface area contributed by atoms with E-state index in [-0.39, 0.29) is 5.78 Å². The molecule has 1 aromatic rings. The predicted octanol–water partition coefficient (Wildman–Crippen LogP) is 2.63. The maximum atomic E-state index is 11.5. The van der Waals surface area contributed by atoms with Crippen LogP contribution in [0.1, 0.15) is 35.7 Å². The fraction of sp³-hybridized carbons (Fsp3) is 0.231. The number of rotatable bonds is 4. The van der Waals surface area contributed by atoms with Gasteiger partial charge in [-0.1, -0.05) is 38.1 Å². The van der Waals surface area contributed by atoms with E-state index in [0.29, 0.717) is 11.5 Å². The molecule has 0 atom stereocenters. The number of allylic oxidation sites excluding steroid dienone is 1. The van der Waals surface area contributed by atoms with Crippen LogP contribution in [0.2, 0.25) is 0 Å². The number of carboxylic acids is 1. The van der Waals surface area contributed by atoms with Gasteiger partial charge in [0.25, 0.3) is 0 Å². The number of hydrogen-bond donors (Lipinski definition) is 1. The summed E-state index contributed by atoms with van der Waals surface area (Å²) in [6, 6.07) is 7.19.